The van der Waals surface area contributed by atoms with Gasteiger partial charge in [-0.1, -0.05) is 20.8 Å². The molecule has 0 spiro atoms. The van der Waals surface area contributed by atoms with Crippen LogP contribution >= 0.6 is 0 Å². The first-order chi connectivity index (χ1) is 7.13. The largest absolute Gasteiger partial charge is 0.325 e. The van der Waals surface area contributed by atoms with E-state index < -0.39 is 0 Å². The molecule has 2 unspecified atom stereocenters. The van der Waals surface area contributed by atoms with Crippen LogP contribution in [-0.2, 0) is 4.79 Å². The summed E-state index contributed by atoms with van der Waals surface area (Å²) in [7, 11) is 0. The van der Waals surface area contributed by atoms with E-state index in [1.807, 2.05) is 0 Å². The second-order valence-corrected chi connectivity index (χ2v) is 5.25. The highest BCUT2D eigenvalue weighted by Gasteiger charge is 2.41. The van der Waals surface area contributed by atoms with Gasteiger partial charge in [-0.3, -0.25) is 10.1 Å². The summed E-state index contributed by atoms with van der Waals surface area (Å²) in [5, 5.41) is 3.45. The van der Waals surface area contributed by atoms with E-state index >= 15 is 0 Å². The average Bonchev–Trinajstić information content (AvgIpc) is 2.94. The Morgan fingerprint density at radius 3 is 2.60 bits per heavy atom. The van der Waals surface area contributed by atoms with Crippen molar-refractivity contribution in [2.75, 3.05) is 6.54 Å². The summed E-state index contributed by atoms with van der Waals surface area (Å²) in [4.78, 5) is 14.2. The van der Waals surface area contributed by atoms with Crippen LogP contribution in [0.15, 0.2) is 0 Å². The van der Waals surface area contributed by atoms with E-state index in [-0.39, 0.29) is 12.2 Å². The Morgan fingerprint density at radius 1 is 1.47 bits per heavy atom. The SMILES string of the molecule is CCC1NC(C(C)C)N(CC2CC2)C1=O. The maximum absolute atomic E-state index is 12.1. The summed E-state index contributed by atoms with van der Waals surface area (Å²) in [6, 6.07) is 0.0659. The maximum Gasteiger partial charge on any atom is 0.241 e. The lowest BCUT2D eigenvalue weighted by Crippen LogP contribution is -2.42. The third kappa shape index (κ3) is 2.17. The molecule has 1 saturated heterocycles. The van der Waals surface area contributed by atoms with Crippen LogP contribution in [0.25, 0.3) is 0 Å². The van der Waals surface area contributed by atoms with Crippen molar-refractivity contribution < 1.29 is 4.79 Å². The van der Waals surface area contributed by atoms with Gasteiger partial charge in [0, 0.05) is 6.54 Å². The topological polar surface area (TPSA) is 32.3 Å². The molecule has 0 aromatic carbocycles. The van der Waals surface area contributed by atoms with Crippen LogP contribution in [0.2, 0.25) is 0 Å². The number of nitrogens with one attached hydrogen (secondary N) is 1. The summed E-state index contributed by atoms with van der Waals surface area (Å²) in [6.45, 7) is 7.42. The zero-order chi connectivity index (χ0) is 11.0. The number of hydrogen-bond acceptors (Lipinski definition) is 2. The highest BCUT2D eigenvalue weighted by atomic mass is 16.2. The van der Waals surface area contributed by atoms with Crippen LogP contribution in [0.1, 0.15) is 40.0 Å². The van der Waals surface area contributed by atoms with Crippen LogP contribution in [0, 0.1) is 11.8 Å². The van der Waals surface area contributed by atoms with Gasteiger partial charge in [0.15, 0.2) is 0 Å². The lowest BCUT2D eigenvalue weighted by molar-refractivity contribution is -0.130. The van der Waals surface area contributed by atoms with Crippen molar-refractivity contribution in [2.24, 2.45) is 11.8 Å². The maximum atomic E-state index is 12.1. The van der Waals surface area contributed by atoms with E-state index in [9.17, 15) is 4.79 Å². The minimum Gasteiger partial charge on any atom is -0.325 e. The van der Waals surface area contributed by atoms with E-state index in [1.165, 1.54) is 12.8 Å². The highest BCUT2D eigenvalue weighted by molar-refractivity contribution is 5.84. The number of nitrogens with zero attached hydrogens (tertiary/aromatic N) is 1. The molecule has 2 rings (SSSR count). The van der Waals surface area contributed by atoms with Crippen molar-refractivity contribution >= 4 is 5.91 Å². The van der Waals surface area contributed by atoms with Gasteiger partial charge in [0.05, 0.1) is 12.2 Å². The Kier molecular flexibility index (Phi) is 3.01. The molecule has 0 aromatic heterocycles. The third-order valence-corrected chi connectivity index (χ3v) is 3.48. The monoisotopic (exact) mass is 210 g/mol. The normalized spacial score (nSPS) is 31.7. The molecule has 0 bridgehead atoms. The van der Waals surface area contributed by atoms with Gasteiger partial charge in [0.25, 0.3) is 0 Å². The zero-order valence-corrected chi connectivity index (χ0v) is 9.99. The molecule has 3 heteroatoms. The Hall–Kier alpha value is -0.570. The fraction of sp³-hybridized carbons (Fsp3) is 0.917. The summed E-state index contributed by atoms with van der Waals surface area (Å²) < 4.78 is 0. The standard InChI is InChI=1S/C12H22N2O/c1-4-10-12(15)14(7-9-5-6-9)11(13-10)8(2)3/h8-11,13H,4-7H2,1-3H3. The number of carbonyl (C=O) groups excluding carboxylic acids is 1. The third-order valence-electron chi connectivity index (χ3n) is 3.48. The number of rotatable bonds is 4. The minimum absolute atomic E-state index is 0.0659. The van der Waals surface area contributed by atoms with Gasteiger partial charge in [-0.2, -0.15) is 0 Å². The van der Waals surface area contributed by atoms with Crippen molar-refractivity contribution in [3.63, 3.8) is 0 Å². The molecule has 2 atom stereocenters. The van der Waals surface area contributed by atoms with Gasteiger partial charge in [-0.25, -0.2) is 0 Å². The lowest BCUT2D eigenvalue weighted by atomic mass is 10.1. The van der Waals surface area contributed by atoms with E-state index in [2.05, 4.69) is 31.0 Å². The summed E-state index contributed by atoms with van der Waals surface area (Å²) in [5.74, 6) is 1.61. The molecule has 86 valence electrons. The van der Waals surface area contributed by atoms with Gasteiger partial charge in [0.1, 0.15) is 0 Å². The second-order valence-electron chi connectivity index (χ2n) is 5.25. The molecule has 1 heterocycles. The molecule has 3 nitrogen and oxygen atoms in total. The van der Waals surface area contributed by atoms with Crippen LogP contribution in [0.3, 0.4) is 0 Å². The highest BCUT2D eigenvalue weighted by Crippen LogP contribution is 2.32. The van der Waals surface area contributed by atoms with E-state index in [1.54, 1.807) is 0 Å². The van der Waals surface area contributed by atoms with Crippen LogP contribution in [-0.4, -0.2) is 29.6 Å². The number of carbonyl (C=O) groups is 1. The summed E-state index contributed by atoms with van der Waals surface area (Å²) >= 11 is 0. The first-order valence-electron chi connectivity index (χ1n) is 6.20. The van der Waals surface area contributed by atoms with Gasteiger partial charge < -0.3 is 4.90 Å². The van der Waals surface area contributed by atoms with Crippen LogP contribution < -0.4 is 5.32 Å². The molecule has 15 heavy (non-hydrogen) atoms. The molecule has 1 amide bonds. The fourth-order valence-electron chi connectivity index (χ4n) is 2.33. The minimum atomic E-state index is 0.0659. The zero-order valence-electron chi connectivity index (χ0n) is 9.99. The molecule has 1 aliphatic heterocycles. The molecule has 1 N–H and O–H groups in total. The average molecular weight is 210 g/mol. The van der Waals surface area contributed by atoms with Gasteiger partial charge >= 0.3 is 0 Å². The first kappa shape index (κ1) is 10.9. The van der Waals surface area contributed by atoms with Crippen LogP contribution in [0.4, 0.5) is 0 Å². The Morgan fingerprint density at radius 2 is 2.13 bits per heavy atom. The molecule has 2 aliphatic rings. The van der Waals surface area contributed by atoms with Gasteiger partial charge in [-0.05, 0) is 31.1 Å². The predicted molar refractivity (Wildman–Crippen MR) is 60.3 cm³/mol. The van der Waals surface area contributed by atoms with Gasteiger partial charge in [0.2, 0.25) is 5.91 Å². The Bertz CT molecular complexity index is 248. The molecule has 0 radical (unpaired) electrons. The summed E-state index contributed by atoms with van der Waals surface area (Å²) in [6.07, 6.45) is 3.79. The molecule has 2 fully saturated rings. The molecule has 0 aromatic rings. The van der Waals surface area contributed by atoms with E-state index in [4.69, 9.17) is 0 Å². The number of hydrogen-bond donors (Lipinski definition) is 1. The first-order valence-corrected chi connectivity index (χ1v) is 6.20. The van der Waals surface area contributed by atoms with E-state index in [0.29, 0.717) is 11.8 Å². The Labute approximate surface area is 92.2 Å². The van der Waals surface area contributed by atoms with Crippen molar-refractivity contribution in [1.29, 1.82) is 0 Å². The lowest BCUT2D eigenvalue weighted by Gasteiger charge is -2.27. The van der Waals surface area contributed by atoms with Crippen molar-refractivity contribution in [1.82, 2.24) is 10.2 Å². The van der Waals surface area contributed by atoms with Crippen molar-refractivity contribution in [3.8, 4) is 0 Å². The van der Waals surface area contributed by atoms with Crippen molar-refractivity contribution in [2.45, 2.75) is 52.2 Å². The molecule has 1 saturated carbocycles. The predicted octanol–water partition coefficient (Wildman–Crippen LogP) is 1.59. The van der Waals surface area contributed by atoms with Crippen molar-refractivity contribution in [3.05, 3.63) is 0 Å². The molecule has 1 aliphatic carbocycles. The summed E-state index contributed by atoms with van der Waals surface area (Å²) in [5.41, 5.74) is 0. The van der Waals surface area contributed by atoms with E-state index in [0.717, 1.165) is 18.9 Å². The van der Waals surface area contributed by atoms with Gasteiger partial charge in [-0.15, -0.1) is 0 Å². The smallest absolute Gasteiger partial charge is 0.241 e. The fourth-order valence-corrected chi connectivity index (χ4v) is 2.33. The number of amides is 1. The van der Waals surface area contributed by atoms with Crippen LogP contribution in [0.5, 0.6) is 0 Å². The second kappa shape index (κ2) is 4.12. The molecular formula is C12H22N2O. The quantitative estimate of drug-likeness (QED) is 0.764. The Balaban J connectivity index is 2.04. The molecular weight excluding hydrogens is 188 g/mol.